The molecule has 0 aliphatic heterocycles. The number of carboxylic acid groups (broad SMARTS) is 1. The van der Waals surface area contributed by atoms with E-state index >= 15 is 0 Å². The molecule has 136 valence electrons. The van der Waals surface area contributed by atoms with E-state index in [0.717, 1.165) is 29.9 Å². The number of aliphatic carboxylic acids is 1. The summed E-state index contributed by atoms with van der Waals surface area (Å²) in [5.41, 5.74) is 0.631. The van der Waals surface area contributed by atoms with Gasteiger partial charge in [0.15, 0.2) is 11.5 Å². The smallest absolute Gasteiger partial charge is 0.306 e. The second kappa shape index (κ2) is 7.46. The van der Waals surface area contributed by atoms with E-state index in [-0.39, 0.29) is 12.0 Å². The molecule has 5 nitrogen and oxygen atoms in total. The van der Waals surface area contributed by atoms with Gasteiger partial charge in [0.1, 0.15) is 0 Å². The average molecular weight is 345 g/mol. The van der Waals surface area contributed by atoms with Crippen molar-refractivity contribution in [3.8, 4) is 11.5 Å². The molecule has 0 unspecified atom stereocenters. The summed E-state index contributed by atoms with van der Waals surface area (Å²) >= 11 is 0. The molecular formula is C20H27NO4. The van der Waals surface area contributed by atoms with Crippen LogP contribution in [0.25, 0.3) is 0 Å². The maximum absolute atomic E-state index is 11.2. The standard InChI is InChI=1S/C20H27NO4/c1-24-17-7-6-15(12-18(17)25-16-4-2-3-5-16)20(13-21)10-8-14(9-11-20)19(22)23/h6-7,12-14,16,21H,2-5,8-11H2,1H3,(H,22,23)/t14-,20-. The molecule has 25 heavy (non-hydrogen) atoms. The van der Waals surface area contributed by atoms with Crippen LogP contribution < -0.4 is 9.47 Å². The van der Waals surface area contributed by atoms with E-state index in [0.29, 0.717) is 25.7 Å². The van der Waals surface area contributed by atoms with Crippen LogP contribution >= 0.6 is 0 Å². The van der Waals surface area contributed by atoms with Crippen molar-refractivity contribution in [1.29, 1.82) is 5.41 Å². The third-order valence-electron chi connectivity index (χ3n) is 5.84. The quantitative estimate of drug-likeness (QED) is 0.758. The lowest BCUT2D eigenvalue weighted by Gasteiger charge is -2.36. The normalized spacial score (nSPS) is 27.0. The van der Waals surface area contributed by atoms with Gasteiger partial charge in [0, 0.05) is 11.6 Å². The van der Waals surface area contributed by atoms with Gasteiger partial charge in [-0.1, -0.05) is 6.07 Å². The highest BCUT2D eigenvalue weighted by atomic mass is 16.5. The first-order chi connectivity index (χ1) is 12.1. The van der Waals surface area contributed by atoms with Crippen LogP contribution in [0.15, 0.2) is 18.2 Å². The Morgan fingerprint density at radius 3 is 2.44 bits per heavy atom. The van der Waals surface area contributed by atoms with Gasteiger partial charge in [0.25, 0.3) is 0 Å². The van der Waals surface area contributed by atoms with Gasteiger partial charge in [-0.25, -0.2) is 0 Å². The summed E-state index contributed by atoms with van der Waals surface area (Å²) in [6.45, 7) is 0. The Balaban J connectivity index is 1.84. The molecule has 0 saturated heterocycles. The molecule has 5 heteroatoms. The van der Waals surface area contributed by atoms with Gasteiger partial charge in [-0.15, -0.1) is 0 Å². The number of benzene rings is 1. The zero-order valence-electron chi connectivity index (χ0n) is 14.8. The molecule has 2 aliphatic rings. The maximum atomic E-state index is 11.2. The van der Waals surface area contributed by atoms with Gasteiger partial charge in [0.05, 0.1) is 19.1 Å². The first-order valence-corrected chi connectivity index (χ1v) is 9.17. The maximum Gasteiger partial charge on any atom is 0.306 e. The van der Waals surface area contributed by atoms with Crippen LogP contribution in [-0.2, 0) is 10.2 Å². The van der Waals surface area contributed by atoms with Gasteiger partial charge in [-0.05, 0) is 69.1 Å². The lowest BCUT2D eigenvalue weighted by atomic mass is 9.67. The lowest BCUT2D eigenvalue weighted by Crippen LogP contribution is -2.35. The number of ether oxygens (including phenoxy) is 2. The van der Waals surface area contributed by atoms with E-state index in [2.05, 4.69) is 0 Å². The lowest BCUT2D eigenvalue weighted by molar-refractivity contribution is -0.143. The Morgan fingerprint density at radius 1 is 1.20 bits per heavy atom. The highest BCUT2D eigenvalue weighted by Crippen LogP contribution is 2.43. The predicted molar refractivity (Wildman–Crippen MR) is 95.9 cm³/mol. The number of hydrogen-bond acceptors (Lipinski definition) is 4. The van der Waals surface area contributed by atoms with E-state index in [1.807, 2.05) is 18.2 Å². The van der Waals surface area contributed by atoms with E-state index in [4.69, 9.17) is 14.9 Å². The molecule has 3 rings (SSSR count). The number of rotatable bonds is 6. The van der Waals surface area contributed by atoms with Crippen LogP contribution in [0.1, 0.15) is 56.9 Å². The fourth-order valence-electron chi connectivity index (χ4n) is 4.16. The second-order valence-corrected chi connectivity index (χ2v) is 7.30. The van der Waals surface area contributed by atoms with E-state index in [1.54, 1.807) is 7.11 Å². The molecule has 2 saturated carbocycles. The molecule has 2 N–H and O–H groups in total. The second-order valence-electron chi connectivity index (χ2n) is 7.30. The average Bonchev–Trinajstić information content (AvgIpc) is 3.14. The Morgan fingerprint density at radius 2 is 1.88 bits per heavy atom. The third-order valence-corrected chi connectivity index (χ3v) is 5.84. The molecule has 2 fully saturated rings. The van der Waals surface area contributed by atoms with Gasteiger partial charge >= 0.3 is 5.97 Å². The van der Waals surface area contributed by atoms with Crippen molar-refractivity contribution < 1.29 is 19.4 Å². The van der Waals surface area contributed by atoms with Gasteiger partial charge in [-0.3, -0.25) is 4.79 Å². The Labute approximate surface area is 148 Å². The molecule has 0 aromatic heterocycles. The van der Waals surface area contributed by atoms with E-state index < -0.39 is 11.4 Å². The molecule has 1 aromatic carbocycles. The molecule has 0 radical (unpaired) electrons. The largest absolute Gasteiger partial charge is 0.493 e. The summed E-state index contributed by atoms with van der Waals surface area (Å²) in [6.07, 6.45) is 8.86. The summed E-state index contributed by atoms with van der Waals surface area (Å²) in [7, 11) is 1.64. The molecule has 0 spiro atoms. The fourth-order valence-corrected chi connectivity index (χ4v) is 4.16. The molecule has 0 amide bonds. The Bertz CT molecular complexity index is 629. The zero-order valence-corrected chi connectivity index (χ0v) is 14.8. The van der Waals surface area contributed by atoms with Crippen molar-refractivity contribution in [1.82, 2.24) is 0 Å². The van der Waals surface area contributed by atoms with Crippen LogP contribution in [-0.4, -0.2) is 30.5 Å². The SMILES string of the molecule is COc1ccc([C@]2(C=N)CC[C@@H](C(=O)O)CC2)cc1OC1CCCC1. The van der Waals surface area contributed by atoms with Gasteiger partial charge < -0.3 is 20.0 Å². The predicted octanol–water partition coefficient (Wildman–Crippen LogP) is 4.18. The van der Waals surface area contributed by atoms with E-state index in [9.17, 15) is 9.90 Å². The first-order valence-electron chi connectivity index (χ1n) is 9.17. The number of carboxylic acids is 1. The highest BCUT2D eigenvalue weighted by molar-refractivity contribution is 5.74. The van der Waals surface area contributed by atoms with Crippen LogP contribution in [0.4, 0.5) is 0 Å². The minimum absolute atomic E-state index is 0.239. The number of methoxy groups -OCH3 is 1. The van der Waals surface area contributed by atoms with Crippen molar-refractivity contribution in [2.45, 2.75) is 62.9 Å². The van der Waals surface area contributed by atoms with Crippen LogP contribution in [0.2, 0.25) is 0 Å². The van der Waals surface area contributed by atoms with Crippen molar-refractivity contribution in [3.05, 3.63) is 23.8 Å². The van der Waals surface area contributed by atoms with Crippen LogP contribution in [0, 0.1) is 11.3 Å². The first kappa shape index (κ1) is 17.8. The number of hydrogen-bond donors (Lipinski definition) is 2. The van der Waals surface area contributed by atoms with Crippen molar-refractivity contribution >= 4 is 12.2 Å². The topological polar surface area (TPSA) is 79.6 Å². The minimum Gasteiger partial charge on any atom is -0.493 e. The number of nitrogens with one attached hydrogen (secondary N) is 1. The number of carbonyl (C=O) groups is 1. The Kier molecular flexibility index (Phi) is 5.30. The summed E-state index contributed by atoms with van der Waals surface area (Å²) in [5.74, 6) is 0.447. The molecule has 0 atom stereocenters. The summed E-state index contributed by atoms with van der Waals surface area (Å²) in [4.78, 5) is 11.2. The molecule has 0 bridgehead atoms. The summed E-state index contributed by atoms with van der Waals surface area (Å²) in [6, 6.07) is 5.91. The van der Waals surface area contributed by atoms with Crippen molar-refractivity contribution in [2.24, 2.45) is 5.92 Å². The van der Waals surface area contributed by atoms with Crippen LogP contribution in [0.3, 0.4) is 0 Å². The molecule has 0 heterocycles. The van der Waals surface area contributed by atoms with Crippen LogP contribution in [0.5, 0.6) is 11.5 Å². The highest BCUT2D eigenvalue weighted by Gasteiger charge is 2.38. The molecule has 1 aromatic rings. The fraction of sp³-hybridized carbons (Fsp3) is 0.600. The van der Waals surface area contributed by atoms with E-state index in [1.165, 1.54) is 19.1 Å². The monoisotopic (exact) mass is 345 g/mol. The van der Waals surface area contributed by atoms with Gasteiger partial charge in [0.2, 0.25) is 0 Å². The van der Waals surface area contributed by atoms with Crippen molar-refractivity contribution in [2.75, 3.05) is 7.11 Å². The summed E-state index contributed by atoms with van der Waals surface area (Å²) in [5, 5.41) is 17.2. The summed E-state index contributed by atoms with van der Waals surface area (Å²) < 4.78 is 11.6. The zero-order chi connectivity index (χ0) is 17.9. The molecule has 2 aliphatic carbocycles. The molecular weight excluding hydrogens is 318 g/mol. The minimum atomic E-state index is -0.724. The third kappa shape index (κ3) is 3.65. The van der Waals surface area contributed by atoms with Crippen molar-refractivity contribution in [3.63, 3.8) is 0 Å². The Hall–Kier alpha value is -2.04. The van der Waals surface area contributed by atoms with Gasteiger partial charge in [-0.2, -0.15) is 0 Å².